The first kappa shape index (κ1) is 10.9. The van der Waals surface area contributed by atoms with Gasteiger partial charge in [0.25, 0.3) is 0 Å². The predicted molar refractivity (Wildman–Crippen MR) is 64.0 cm³/mol. The smallest absolute Gasteiger partial charge is 0.0695 e. The third kappa shape index (κ3) is 4.14. The maximum absolute atomic E-state index is 4.00. The average molecular weight is 206 g/mol. The Hall–Kier alpha value is -1.22. The lowest BCUT2D eigenvalue weighted by atomic mass is 10.4. The van der Waals surface area contributed by atoms with Crippen LogP contribution in [0.25, 0.3) is 0 Å². The SMILES string of the molecule is C=C(Nc1cccnc1)SC=C(C)C. The van der Waals surface area contributed by atoms with E-state index in [1.165, 1.54) is 5.57 Å². The molecule has 0 bridgehead atoms. The van der Waals surface area contributed by atoms with Gasteiger partial charge in [-0.05, 0) is 31.4 Å². The monoisotopic (exact) mass is 206 g/mol. The minimum atomic E-state index is 0.902. The zero-order chi connectivity index (χ0) is 10.4. The molecule has 0 fully saturated rings. The molecule has 0 aromatic carbocycles. The van der Waals surface area contributed by atoms with Crippen molar-refractivity contribution < 1.29 is 0 Å². The molecule has 14 heavy (non-hydrogen) atoms. The molecule has 0 amide bonds. The Morgan fingerprint density at radius 2 is 2.36 bits per heavy atom. The molecule has 1 heterocycles. The summed E-state index contributed by atoms with van der Waals surface area (Å²) in [6, 6.07) is 3.85. The lowest BCUT2D eigenvalue weighted by Gasteiger charge is -2.05. The first-order valence-electron chi connectivity index (χ1n) is 4.34. The van der Waals surface area contributed by atoms with E-state index in [0.29, 0.717) is 0 Å². The Morgan fingerprint density at radius 1 is 1.57 bits per heavy atom. The standard InChI is InChI=1S/C11H14N2S/c1-9(2)8-14-10(3)13-11-5-4-6-12-7-11/h4-8,13H,3H2,1-2H3. The molecule has 2 nitrogen and oxygen atoms in total. The third-order valence-corrected chi connectivity index (χ3v) is 2.36. The fourth-order valence-corrected chi connectivity index (χ4v) is 1.37. The van der Waals surface area contributed by atoms with E-state index in [4.69, 9.17) is 0 Å². The summed E-state index contributed by atoms with van der Waals surface area (Å²) in [5.74, 6) is 0. The number of hydrogen-bond donors (Lipinski definition) is 1. The van der Waals surface area contributed by atoms with Crippen LogP contribution in [0.4, 0.5) is 5.69 Å². The summed E-state index contributed by atoms with van der Waals surface area (Å²) in [4.78, 5) is 4.00. The van der Waals surface area contributed by atoms with E-state index in [1.54, 1.807) is 24.2 Å². The second kappa shape index (κ2) is 5.50. The topological polar surface area (TPSA) is 24.9 Å². The van der Waals surface area contributed by atoms with Gasteiger partial charge in [-0.2, -0.15) is 0 Å². The zero-order valence-corrected chi connectivity index (χ0v) is 9.27. The van der Waals surface area contributed by atoms with Crippen LogP contribution in [0.5, 0.6) is 0 Å². The van der Waals surface area contributed by atoms with Crippen LogP contribution >= 0.6 is 11.8 Å². The molecule has 0 radical (unpaired) electrons. The van der Waals surface area contributed by atoms with Crippen molar-refractivity contribution in [3.63, 3.8) is 0 Å². The summed E-state index contributed by atoms with van der Waals surface area (Å²) < 4.78 is 0. The summed E-state index contributed by atoms with van der Waals surface area (Å²) >= 11 is 1.58. The average Bonchev–Trinajstić information content (AvgIpc) is 2.16. The summed E-state index contributed by atoms with van der Waals surface area (Å²) in [5, 5.41) is 6.12. The maximum atomic E-state index is 4.00. The molecule has 0 spiro atoms. The van der Waals surface area contributed by atoms with Crippen LogP contribution < -0.4 is 5.32 Å². The van der Waals surface area contributed by atoms with Crippen LogP contribution in [-0.4, -0.2) is 4.98 Å². The quantitative estimate of drug-likeness (QED) is 0.814. The van der Waals surface area contributed by atoms with E-state index in [9.17, 15) is 0 Å². The van der Waals surface area contributed by atoms with Crippen LogP contribution in [-0.2, 0) is 0 Å². The first-order valence-corrected chi connectivity index (χ1v) is 5.22. The van der Waals surface area contributed by atoms with Gasteiger partial charge in [-0.1, -0.05) is 23.9 Å². The van der Waals surface area contributed by atoms with Gasteiger partial charge in [0.05, 0.1) is 16.9 Å². The summed E-state index contributed by atoms with van der Waals surface area (Å²) in [6.45, 7) is 8.02. The highest BCUT2D eigenvalue weighted by Gasteiger charge is 1.93. The molecule has 1 rings (SSSR count). The van der Waals surface area contributed by atoms with E-state index < -0.39 is 0 Å². The zero-order valence-electron chi connectivity index (χ0n) is 8.45. The van der Waals surface area contributed by atoms with Gasteiger partial charge in [-0.15, -0.1) is 0 Å². The van der Waals surface area contributed by atoms with Gasteiger partial charge in [0.2, 0.25) is 0 Å². The van der Waals surface area contributed by atoms with E-state index in [2.05, 4.69) is 36.1 Å². The molecule has 1 N–H and O–H groups in total. The summed E-state index contributed by atoms with van der Waals surface area (Å²) in [5.41, 5.74) is 2.23. The van der Waals surface area contributed by atoms with Gasteiger partial charge in [-0.25, -0.2) is 0 Å². The number of nitrogens with zero attached hydrogens (tertiary/aromatic N) is 1. The molecule has 0 atom stereocenters. The van der Waals surface area contributed by atoms with E-state index in [0.717, 1.165) is 10.7 Å². The maximum Gasteiger partial charge on any atom is 0.0695 e. The largest absolute Gasteiger partial charge is 0.349 e. The molecule has 0 aliphatic carbocycles. The highest BCUT2D eigenvalue weighted by molar-refractivity contribution is 8.05. The van der Waals surface area contributed by atoms with Crippen LogP contribution in [0.2, 0.25) is 0 Å². The van der Waals surface area contributed by atoms with Crippen molar-refractivity contribution >= 4 is 17.4 Å². The molecule has 1 aromatic rings. The first-order chi connectivity index (χ1) is 6.68. The highest BCUT2D eigenvalue weighted by atomic mass is 32.2. The molecule has 3 heteroatoms. The lowest BCUT2D eigenvalue weighted by molar-refractivity contribution is 1.32. The number of pyridine rings is 1. The number of nitrogens with one attached hydrogen (secondary N) is 1. The number of rotatable bonds is 4. The Kier molecular flexibility index (Phi) is 4.26. The predicted octanol–water partition coefficient (Wildman–Crippen LogP) is 3.62. The van der Waals surface area contributed by atoms with Crippen LogP contribution in [0.15, 0.2) is 47.1 Å². The van der Waals surface area contributed by atoms with Crippen molar-refractivity contribution in [1.29, 1.82) is 0 Å². The molecule has 0 aliphatic rings. The molecule has 0 unspecified atom stereocenters. The van der Waals surface area contributed by atoms with Gasteiger partial charge in [0.15, 0.2) is 0 Å². The van der Waals surface area contributed by atoms with Crippen molar-refractivity contribution in [2.75, 3.05) is 5.32 Å². The van der Waals surface area contributed by atoms with E-state index >= 15 is 0 Å². The van der Waals surface area contributed by atoms with Gasteiger partial charge >= 0.3 is 0 Å². The van der Waals surface area contributed by atoms with Crippen LogP contribution in [0.1, 0.15) is 13.8 Å². The number of thioether (sulfide) groups is 1. The molecule has 0 saturated carbocycles. The number of aromatic nitrogens is 1. The van der Waals surface area contributed by atoms with Gasteiger partial charge < -0.3 is 5.32 Å². The second-order valence-electron chi connectivity index (χ2n) is 3.10. The lowest BCUT2D eigenvalue weighted by Crippen LogP contribution is -1.93. The minimum Gasteiger partial charge on any atom is -0.349 e. The summed E-state index contributed by atoms with van der Waals surface area (Å²) in [7, 11) is 0. The van der Waals surface area contributed by atoms with Crippen molar-refractivity contribution in [2.45, 2.75) is 13.8 Å². The number of allylic oxidation sites excluding steroid dienone is 1. The van der Waals surface area contributed by atoms with Crippen molar-refractivity contribution in [3.05, 3.63) is 47.1 Å². The number of hydrogen-bond acceptors (Lipinski definition) is 3. The molecule has 74 valence electrons. The molecular formula is C11H14N2S. The third-order valence-electron chi connectivity index (χ3n) is 1.38. The Morgan fingerprint density at radius 3 is 2.93 bits per heavy atom. The fourth-order valence-electron chi connectivity index (χ4n) is 0.816. The Labute approximate surface area is 89.1 Å². The van der Waals surface area contributed by atoms with Crippen molar-refractivity contribution in [2.24, 2.45) is 0 Å². The van der Waals surface area contributed by atoms with Crippen molar-refractivity contribution in [1.82, 2.24) is 4.98 Å². The molecule has 0 aliphatic heterocycles. The number of anilines is 1. The fraction of sp³-hybridized carbons (Fsp3) is 0.182. The molecule has 1 aromatic heterocycles. The van der Waals surface area contributed by atoms with Gasteiger partial charge in [0.1, 0.15) is 0 Å². The molecular weight excluding hydrogens is 192 g/mol. The Balaban J connectivity index is 2.46. The van der Waals surface area contributed by atoms with Crippen LogP contribution in [0, 0.1) is 0 Å². The minimum absolute atomic E-state index is 0.902. The van der Waals surface area contributed by atoms with Gasteiger partial charge in [0, 0.05) is 6.20 Å². The van der Waals surface area contributed by atoms with Gasteiger partial charge in [-0.3, -0.25) is 4.98 Å². The van der Waals surface area contributed by atoms with E-state index in [1.807, 2.05) is 12.1 Å². The van der Waals surface area contributed by atoms with Crippen LogP contribution in [0.3, 0.4) is 0 Å². The normalized spacial score (nSPS) is 9.29. The highest BCUT2D eigenvalue weighted by Crippen LogP contribution is 2.19. The molecule has 0 saturated heterocycles. The second-order valence-corrected chi connectivity index (χ2v) is 4.07. The van der Waals surface area contributed by atoms with Crippen molar-refractivity contribution in [3.8, 4) is 0 Å². The summed E-state index contributed by atoms with van der Waals surface area (Å²) in [6.07, 6.45) is 3.52. The Bertz CT molecular complexity index is 326. The van der Waals surface area contributed by atoms with E-state index in [-0.39, 0.29) is 0 Å².